The molecule has 3 aliphatic rings. The topological polar surface area (TPSA) is 63.5 Å². The zero-order valence-corrected chi connectivity index (χ0v) is 13.1. The Kier molecular flexibility index (Phi) is 3.62. The molecule has 3 heterocycles. The van der Waals surface area contributed by atoms with Gasteiger partial charge in [0.2, 0.25) is 5.91 Å². The normalized spacial score (nSPS) is 26.0. The van der Waals surface area contributed by atoms with E-state index in [1.54, 1.807) is 0 Å². The predicted octanol–water partition coefficient (Wildman–Crippen LogP) is 0.391. The Labute approximate surface area is 130 Å². The fraction of sp³-hybridized carbons (Fsp3) is 0.800. The maximum absolute atomic E-state index is 12.6. The van der Waals surface area contributed by atoms with Crippen molar-refractivity contribution in [2.75, 3.05) is 39.4 Å². The molecule has 2 fully saturated rings. The van der Waals surface area contributed by atoms with Crippen LogP contribution in [0, 0.1) is 0 Å². The van der Waals surface area contributed by atoms with Gasteiger partial charge >= 0.3 is 0 Å². The third-order valence-electron chi connectivity index (χ3n) is 4.81. The molecule has 1 atom stereocenters. The van der Waals surface area contributed by atoms with Gasteiger partial charge in [-0.1, -0.05) is 0 Å². The van der Waals surface area contributed by atoms with Gasteiger partial charge in [0.25, 0.3) is 0 Å². The van der Waals surface area contributed by atoms with Crippen molar-refractivity contribution in [3.05, 3.63) is 11.6 Å². The van der Waals surface area contributed by atoms with E-state index in [4.69, 9.17) is 4.74 Å². The van der Waals surface area contributed by atoms with E-state index >= 15 is 0 Å². The molecule has 22 heavy (non-hydrogen) atoms. The summed E-state index contributed by atoms with van der Waals surface area (Å²) in [5, 5.41) is 8.70. The summed E-state index contributed by atoms with van der Waals surface area (Å²) in [6, 6.07) is 0.267. The van der Waals surface area contributed by atoms with Gasteiger partial charge in [0.15, 0.2) is 5.82 Å². The molecule has 2 aliphatic heterocycles. The van der Waals surface area contributed by atoms with E-state index in [2.05, 4.69) is 26.6 Å². The molecule has 1 aliphatic carbocycles. The average Bonchev–Trinajstić information content (AvgIpc) is 3.27. The number of morpholine rings is 1. The smallest absolute Gasteiger partial charge is 0.237 e. The van der Waals surface area contributed by atoms with E-state index in [0.717, 1.165) is 44.5 Å². The van der Waals surface area contributed by atoms with Crippen LogP contribution in [0.25, 0.3) is 0 Å². The number of hydrogen-bond donors (Lipinski definition) is 0. The number of carbonyl (C=O) groups excluding carboxylic acids is 1. The minimum absolute atomic E-state index is 0.191. The van der Waals surface area contributed by atoms with E-state index in [1.807, 2.05) is 4.90 Å². The molecular weight excluding hydrogens is 282 g/mol. The molecular formula is C15H23N5O2. The molecule has 0 N–H and O–H groups in total. The first kappa shape index (κ1) is 14.1. The molecule has 7 nitrogen and oxygen atoms in total. The molecule has 1 aromatic rings. The lowest BCUT2D eigenvalue weighted by Crippen LogP contribution is -2.47. The van der Waals surface area contributed by atoms with Gasteiger partial charge in [0.1, 0.15) is 5.82 Å². The Hall–Kier alpha value is -1.47. The summed E-state index contributed by atoms with van der Waals surface area (Å²) in [4.78, 5) is 16.7. The van der Waals surface area contributed by atoms with Crippen LogP contribution in [0.3, 0.4) is 0 Å². The first-order valence-electron chi connectivity index (χ1n) is 8.24. The van der Waals surface area contributed by atoms with Crippen LogP contribution in [0.4, 0.5) is 0 Å². The van der Waals surface area contributed by atoms with Gasteiger partial charge in [-0.3, -0.25) is 9.69 Å². The number of carbonyl (C=O) groups is 1. The highest BCUT2D eigenvalue weighted by molar-refractivity contribution is 5.78. The predicted molar refractivity (Wildman–Crippen MR) is 79.4 cm³/mol. The molecule has 7 heteroatoms. The zero-order chi connectivity index (χ0) is 15.1. The fourth-order valence-electron chi connectivity index (χ4n) is 3.42. The quantitative estimate of drug-likeness (QED) is 0.808. The Morgan fingerprint density at radius 3 is 2.77 bits per heavy atom. The van der Waals surface area contributed by atoms with Crippen molar-refractivity contribution in [1.82, 2.24) is 24.6 Å². The number of ether oxygens (including phenoxy) is 1. The summed E-state index contributed by atoms with van der Waals surface area (Å²) >= 11 is 0. The minimum Gasteiger partial charge on any atom is -0.379 e. The summed E-state index contributed by atoms with van der Waals surface area (Å²) in [5.74, 6) is 2.86. The van der Waals surface area contributed by atoms with E-state index < -0.39 is 0 Å². The Balaban J connectivity index is 1.44. The summed E-state index contributed by atoms with van der Waals surface area (Å²) < 4.78 is 7.59. The number of fused-ring (bicyclic) bond motifs is 1. The largest absolute Gasteiger partial charge is 0.379 e. The molecule has 0 spiro atoms. The lowest BCUT2D eigenvalue weighted by atomic mass is 10.2. The van der Waals surface area contributed by atoms with Crippen molar-refractivity contribution in [3.8, 4) is 0 Å². The number of aromatic nitrogens is 3. The van der Waals surface area contributed by atoms with Gasteiger partial charge in [-0.05, 0) is 19.8 Å². The minimum atomic E-state index is 0.191. The van der Waals surface area contributed by atoms with Crippen LogP contribution in [0.5, 0.6) is 0 Å². The molecule has 1 amide bonds. The summed E-state index contributed by atoms with van der Waals surface area (Å²) in [5.41, 5.74) is 0. The summed E-state index contributed by atoms with van der Waals surface area (Å²) in [6.45, 7) is 7.13. The van der Waals surface area contributed by atoms with E-state index in [1.165, 1.54) is 12.8 Å². The van der Waals surface area contributed by atoms with Crippen molar-refractivity contribution >= 4 is 5.91 Å². The highest BCUT2D eigenvalue weighted by Crippen LogP contribution is 2.40. The van der Waals surface area contributed by atoms with Crippen molar-refractivity contribution in [1.29, 1.82) is 0 Å². The van der Waals surface area contributed by atoms with Gasteiger partial charge in [0, 0.05) is 25.6 Å². The molecule has 0 unspecified atom stereocenters. The summed E-state index contributed by atoms with van der Waals surface area (Å²) in [6.07, 6.45) is 2.45. The second-order valence-corrected chi connectivity index (χ2v) is 6.63. The van der Waals surface area contributed by atoms with Gasteiger partial charge < -0.3 is 14.2 Å². The number of rotatable bonds is 3. The second kappa shape index (κ2) is 5.62. The zero-order valence-electron chi connectivity index (χ0n) is 13.1. The average molecular weight is 305 g/mol. The van der Waals surface area contributed by atoms with Crippen LogP contribution >= 0.6 is 0 Å². The maximum atomic E-state index is 12.6. The van der Waals surface area contributed by atoms with E-state index in [-0.39, 0.29) is 11.9 Å². The SMILES string of the molecule is C[C@H]1CN(C(=O)CN2CCOCC2)Cc2nnc(C3CC3)n21. The molecule has 120 valence electrons. The van der Waals surface area contributed by atoms with Crippen LogP contribution in [0.15, 0.2) is 0 Å². The van der Waals surface area contributed by atoms with Crippen molar-refractivity contribution < 1.29 is 9.53 Å². The van der Waals surface area contributed by atoms with E-state index in [9.17, 15) is 4.79 Å². The first-order chi connectivity index (χ1) is 10.7. The van der Waals surface area contributed by atoms with Crippen molar-refractivity contribution in [2.45, 2.75) is 38.3 Å². The molecule has 0 radical (unpaired) electrons. The molecule has 1 aromatic heterocycles. The lowest BCUT2D eigenvalue weighted by Gasteiger charge is -2.34. The second-order valence-electron chi connectivity index (χ2n) is 6.63. The lowest BCUT2D eigenvalue weighted by molar-refractivity contribution is -0.135. The Morgan fingerprint density at radius 2 is 2.05 bits per heavy atom. The fourth-order valence-corrected chi connectivity index (χ4v) is 3.42. The van der Waals surface area contributed by atoms with Crippen LogP contribution in [-0.2, 0) is 16.1 Å². The third-order valence-corrected chi connectivity index (χ3v) is 4.81. The van der Waals surface area contributed by atoms with Gasteiger partial charge in [-0.2, -0.15) is 0 Å². The number of nitrogens with zero attached hydrogens (tertiary/aromatic N) is 5. The standard InChI is InChI=1S/C15H23N5O2/c1-11-8-19(14(21)10-18-4-6-22-7-5-18)9-13-16-17-15(20(11)13)12-2-3-12/h11-12H,2-10H2,1H3/t11-/m0/s1. The Morgan fingerprint density at radius 1 is 1.27 bits per heavy atom. The van der Waals surface area contributed by atoms with Gasteiger partial charge in [0.05, 0.1) is 32.3 Å². The molecule has 4 rings (SSSR count). The molecule has 0 aromatic carbocycles. The van der Waals surface area contributed by atoms with Crippen molar-refractivity contribution in [3.63, 3.8) is 0 Å². The maximum Gasteiger partial charge on any atom is 0.237 e. The van der Waals surface area contributed by atoms with Crippen LogP contribution in [-0.4, -0.2) is 69.9 Å². The highest BCUT2D eigenvalue weighted by Gasteiger charge is 2.35. The summed E-state index contributed by atoms with van der Waals surface area (Å²) in [7, 11) is 0. The first-order valence-corrected chi connectivity index (χ1v) is 8.24. The van der Waals surface area contributed by atoms with Crippen LogP contribution in [0.1, 0.15) is 43.4 Å². The monoisotopic (exact) mass is 305 g/mol. The van der Waals surface area contributed by atoms with Gasteiger partial charge in [-0.15, -0.1) is 10.2 Å². The number of hydrogen-bond acceptors (Lipinski definition) is 5. The molecule has 0 bridgehead atoms. The van der Waals surface area contributed by atoms with Gasteiger partial charge in [-0.25, -0.2) is 0 Å². The molecule has 1 saturated heterocycles. The third kappa shape index (κ3) is 2.63. The van der Waals surface area contributed by atoms with Crippen molar-refractivity contribution in [2.24, 2.45) is 0 Å². The highest BCUT2D eigenvalue weighted by atomic mass is 16.5. The Bertz CT molecular complexity index is 562. The van der Waals surface area contributed by atoms with E-state index in [0.29, 0.717) is 19.0 Å². The number of amides is 1. The van der Waals surface area contributed by atoms with Crippen LogP contribution in [0.2, 0.25) is 0 Å². The van der Waals surface area contributed by atoms with Crippen LogP contribution < -0.4 is 0 Å². The molecule has 1 saturated carbocycles.